The first-order valence-corrected chi connectivity index (χ1v) is 8.67. The summed E-state index contributed by atoms with van der Waals surface area (Å²) in [6.07, 6.45) is 2.59. The van der Waals surface area contributed by atoms with Gasteiger partial charge in [-0.25, -0.2) is 4.98 Å². The molecule has 0 saturated carbocycles. The third-order valence-corrected chi connectivity index (χ3v) is 4.38. The summed E-state index contributed by atoms with van der Waals surface area (Å²) in [7, 11) is 4.03. The molecule has 2 N–H and O–H groups in total. The molecule has 0 aliphatic rings. The normalized spacial score (nSPS) is 10.7. The Morgan fingerprint density at radius 2 is 1.96 bits per heavy atom. The lowest BCUT2D eigenvalue weighted by Crippen LogP contribution is -2.27. The fraction of sp³-hybridized carbons (Fsp3) is 0.333. The molecule has 0 unspecified atom stereocenters. The third-order valence-electron chi connectivity index (χ3n) is 3.52. The lowest BCUT2D eigenvalue weighted by molar-refractivity contribution is 0.0947. The predicted molar refractivity (Wildman–Crippen MR) is 102 cm³/mol. The number of anilines is 2. The van der Waals surface area contributed by atoms with Gasteiger partial charge < -0.3 is 15.5 Å². The summed E-state index contributed by atoms with van der Waals surface area (Å²) in [5, 5.41) is 6.16. The summed E-state index contributed by atoms with van der Waals surface area (Å²) in [5.74, 6) is -0.140. The van der Waals surface area contributed by atoms with Gasteiger partial charge in [-0.2, -0.15) is 0 Å². The van der Waals surface area contributed by atoms with E-state index in [1.165, 1.54) is 5.56 Å². The Labute approximate surface area is 151 Å². The van der Waals surface area contributed by atoms with Crippen molar-refractivity contribution in [3.63, 3.8) is 0 Å². The molecule has 2 aromatic rings. The lowest BCUT2D eigenvalue weighted by Gasteiger charge is -2.10. The van der Waals surface area contributed by atoms with E-state index in [4.69, 9.17) is 0 Å². The summed E-state index contributed by atoms with van der Waals surface area (Å²) < 4.78 is 1.05. The van der Waals surface area contributed by atoms with E-state index in [1.54, 1.807) is 12.3 Å². The number of carbonyl (C=O) groups excluding carboxylic acids is 1. The molecule has 2 rings (SSSR count). The monoisotopic (exact) mass is 390 g/mol. The van der Waals surface area contributed by atoms with Crippen LogP contribution in [0.4, 0.5) is 11.4 Å². The van der Waals surface area contributed by atoms with Crippen molar-refractivity contribution in [3.05, 3.63) is 52.3 Å². The number of nitrogens with one attached hydrogen (secondary N) is 2. The van der Waals surface area contributed by atoms with Crippen molar-refractivity contribution in [1.29, 1.82) is 0 Å². The summed E-state index contributed by atoms with van der Waals surface area (Å²) in [4.78, 5) is 18.4. The van der Waals surface area contributed by atoms with Crippen LogP contribution in [-0.2, 0) is 0 Å². The highest BCUT2D eigenvalue weighted by atomic mass is 79.9. The van der Waals surface area contributed by atoms with E-state index >= 15 is 0 Å². The molecule has 24 heavy (non-hydrogen) atoms. The number of hydrogen-bond acceptors (Lipinski definition) is 4. The Morgan fingerprint density at radius 3 is 2.58 bits per heavy atom. The molecule has 0 saturated heterocycles. The topological polar surface area (TPSA) is 57.3 Å². The zero-order valence-corrected chi connectivity index (χ0v) is 15.9. The lowest BCUT2D eigenvalue weighted by atomic mass is 10.2. The van der Waals surface area contributed by atoms with Crippen LogP contribution in [0.25, 0.3) is 0 Å². The molecule has 1 amide bonds. The highest BCUT2D eigenvalue weighted by Gasteiger charge is 2.07. The number of benzene rings is 1. The predicted octanol–water partition coefficient (Wildman–Crippen LogP) is 3.58. The van der Waals surface area contributed by atoms with Crippen LogP contribution in [0.1, 0.15) is 22.5 Å². The molecule has 5 nitrogen and oxygen atoms in total. The van der Waals surface area contributed by atoms with Crippen LogP contribution in [0.2, 0.25) is 0 Å². The number of carbonyl (C=O) groups is 1. The van der Waals surface area contributed by atoms with E-state index in [2.05, 4.69) is 36.4 Å². The van der Waals surface area contributed by atoms with Gasteiger partial charge in [0, 0.05) is 16.7 Å². The molecule has 1 aromatic carbocycles. The third kappa shape index (κ3) is 5.62. The van der Waals surface area contributed by atoms with E-state index in [-0.39, 0.29) is 5.91 Å². The molecule has 0 spiro atoms. The van der Waals surface area contributed by atoms with Crippen LogP contribution in [-0.4, -0.2) is 43.0 Å². The van der Waals surface area contributed by atoms with Crippen molar-refractivity contribution >= 4 is 33.2 Å². The molecule has 1 aromatic heterocycles. The van der Waals surface area contributed by atoms with Gasteiger partial charge in [-0.05, 0) is 63.8 Å². The van der Waals surface area contributed by atoms with Gasteiger partial charge in [-0.1, -0.05) is 22.0 Å². The van der Waals surface area contributed by atoms with E-state index in [9.17, 15) is 4.79 Å². The van der Waals surface area contributed by atoms with Gasteiger partial charge in [-0.3, -0.25) is 4.79 Å². The molecule has 6 heteroatoms. The van der Waals surface area contributed by atoms with Gasteiger partial charge in [0.1, 0.15) is 5.69 Å². The number of nitrogens with zero attached hydrogens (tertiary/aromatic N) is 2. The van der Waals surface area contributed by atoms with Gasteiger partial charge in [0.25, 0.3) is 5.91 Å². The van der Waals surface area contributed by atoms with Crippen molar-refractivity contribution in [2.75, 3.05) is 32.5 Å². The fourth-order valence-electron chi connectivity index (χ4n) is 2.13. The number of pyridine rings is 1. The zero-order chi connectivity index (χ0) is 17.5. The second-order valence-electron chi connectivity index (χ2n) is 5.93. The average Bonchev–Trinajstić information content (AvgIpc) is 2.55. The number of aromatic nitrogens is 1. The highest BCUT2D eigenvalue weighted by Crippen LogP contribution is 2.23. The molecule has 0 atom stereocenters. The largest absolute Gasteiger partial charge is 0.354 e. The first-order chi connectivity index (χ1) is 11.5. The maximum absolute atomic E-state index is 12.0. The molecule has 0 radical (unpaired) electrons. The second kappa shape index (κ2) is 8.80. The molecule has 0 aliphatic heterocycles. The molecule has 0 aliphatic carbocycles. The molecule has 0 bridgehead atoms. The molecule has 0 fully saturated rings. The minimum atomic E-state index is -0.140. The molecule has 1 heterocycles. The van der Waals surface area contributed by atoms with Gasteiger partial charge >= 0.3 is 0 Å². The van der Waals surface area contributed by atoms with Crippen molar-refractivity contribution in [2.24, 2.45) is 0 Å². The van der Waals surface area contributed by atoms with Crippen LogP contribution < -0.4 is 10.6 Å². The maximum atomic E-state index is 12.0. The van der Waals surface area contributed by atoms with Crippen molar-refractivity contribution in [1.82, 2.24) is 15.2 Å². The smallest absolute Gasteiger partial charge is 0.269 e. The van der Waals surface area contributed by atoms with E-state index in [0.29, 0.717) is 12.2 Å². The molecule has 128 valence electrons. The number of halogens is 1. The van der Waals surface area contributed by atoms with Crippen molar-refractivity contribution in [2.45, 2.75) is 13.3 Å². The minimum absolute atomic E-state index is 0.140. The van der Waals surface area contributed by atoms with Crippen molar-refractivity contribution in [3.8, 4) is 0 Å². The van der Waals surface area contributed by atoms with Crippen LogP contribution in [0.5, 0.6) is 0 Å². The maximum Gasteiger partial charge on any atom is 0.269 e. The Morgan fingerprint density at radius 1 is 1.21 bits per heavy atom. The van der Waals surface area contributed by atoms with Gasteiger partial charge in [0.05, 0.1) is 11.9 Å². The van der Waals surface area contributed by atoms with E-state index in [1.807, 2.05) is 45.3 Å². The molecular weight excluding hydrogens is 368 g/mol. The van der Waals surface area contributed by atoms with Crippen LogP contribution in [0.15, 0.2) is 41.0 Å². The standard InChI is InChI=1S/C18H23BrN4O/c1-13-5-6-14(11-16(13)19)22-15-7-8-17(21-12-15)18(24)20-9-4-10-23(2)3/h5-8,11-12,22H,4,9-10H2,1-3H3,(H,20,24). The Kier molecular flexibility index (Phi) is 6.75. The Hall–Kier alpha value is -1.92. The van der Waals surface area contributed by atoms with Gasteiger partial charge in [0.2, 0.25) is 0 Å². The zero-order valence-electron chi connectivity index (χ0n) is 14.3. The number of rotatable bonds is 7. The first kappa shape index (κ1) is 18.4. The van der Waals surface area contributed by atoms with Crippen LogP contribution in [0.3, 0.4) is 0 Å². The van der Waals surface area contributed by atoms with Gasteiger partial charge in [-0.15, -0.1) is 0 Å². The second-order valence-corrected chi connectivity index (χ2v) is 6.79. The Bertz CT molecular complexity index is 686. The highest BCUT2D eigenvalue weighted by molar-refractivity contribution is 9.10. The SMILES string of the molecule is Cc1ccc(Nc2ccc(C(=O)NCCCN(C)C)nc2)cc1Br. The molecular formula is C18H23BrN4O. The van der Waals surface area contributed by atoms with Crippen LogP contribution >= 0.6 is 15.9 Å². The van der Waals surface area contributed by atoms with Crippen LogP contribution in [0, 0.1) is 6.92 Å². The number of hydrogen-bond donors (Lipinski definition) is 2. The van der Waals surface area contributed by atoms with E-state index in [0.717, 1.165) is 28.8 Å². The average molecular weight is 391 g/mol. The van der Waals surface area contributed by atoms with Gasteiger partial charge in [0.15, 0.2) is 0 Å². The fourth-order valence-corrected chi connectivity index (χ4v) is 2.51. The summed E-state index contributed by atoms with van der Waals surface area (Å²) in [5.41, 5.74) is 3.42. The number of aryl methyl sites for hydroxylation is 1. The Balaban J connectivity index is 1.90. The quantitative estimate of drug-likeness (QED) is 0.709. The summed E-state index contributed by atoms with van der Waals surface area (Å²) >= 11 is 3.52. The van der Waals surface area contributed by atoms with Crippen molar-refractivity contribution < 1.29 is 4.79 Å². The number of amides is 1. The first-order valence-electron chi connectivity index (χ1n) is 7.88. The van der Waals surface area contributed by atoms with E-state index < -0.39 is 0 Å². The minimum Gasteiger partial charge on any atom is -0.354 e. The summed E-state index contributed by atoms with van der Waals surface area (Å²) in [6.45, 7) is 3.64. The summed E-state index contributed by atoms with van der Waals surface area (Å²) in [6, 6.07) is 9.64.